The molecule has 13 nitrogen and oxygen atoms in total. The van der Waals surface area contributed by atoms with Crippen LogP contribution in [0.3, 0.4) is 0 Å². The summed E-state index contributed by atoms with van der Waals surface area (Å²) in [6.07, 6.45) is 4.97. The van der Waals surface area contributed by atoms with E-state index < -0.39 is 6.10 Å². The van der Waals surface area contributed by atoms with Crippen LogP contribution in [0.1, 0.15) is 44.8 Å². The van der Waals surface area contributed by atoms with E-state index in [-0.39, 0.29) is 53.5 Å². The molecule has 0 bridgehead atoms. The molecule has 1 aliphatic rings. The van der Waals surface area contributed by atoms with Gasteiger partial charge in [-0.15, -0.1) is 12.4 Å². The van der Waals surface area contributed by atoms with Crippen LogP contribution in [-0.4, -0.2) is 109 Å². The Morgan fingerprint density at radius 2 is 1.27 bits per heavy atom. The highest BCUT2D eigenvalue weighted by atomic mass is 35.5. The molecule has 0 aromatic carbocycles. The van der Waals surface area contributed by atoms with Crippen molar-refractivity contribution < 1.29 is 23.9 Å². The van der Waals surface area contributed by atoms with Crippen molar-refractivity contribution in [3.8, 4) is 0 Å². The summed E-state index contributed by atoms with van der Waals surface area (Å²) in [4.78, 5) is 66.2. The number of amides is 4. The summed E-state index contributed by atoms with van der Waals surface area (Å²) in [6, 6.07) is 4.76. The normalized spacial score (nSPS) is 15.7. The fraction of sp³-hybridized carbons (Fsp3) is 0.407. The SMILES string of the molecule is C[C@H]1O[C@H]1C(=O)Nc1c[nH]c(C(=O)N(C)c2c[nH]c(C(=O)N(C)c3c[nH]c(C(=O)N(C)CCCN(C)C)c3)c2)c1.Cl. The summed E-state index contributed by atoms with van der Waals surface area (Å²) in [5.41, 5.74) is 2.39. The van der Waals surface area contributed by atoms with Gasteiger partial charge in [0.15, 0.2) is 6.10 Å². The fourth-order valence-corrected chi connectivity index (χ4v) is 4.19. The molecule has 1 fully saturated rings. The summed E-state index contributed by atoms with van der Waals surface area (Å²) >= 11 is 0. The number of rotatable bonds is 11. The number of nitrogens with zero attached hydrogens (tertiary/aromatic N) is 4. The van der Waals surface area contributed by atoms with Gasteiger partial charge in [-0.25, -0.2) is 0 Å². The maximum atomic E-state index is 13.1. The van der Waals surface area contributed by atoms with E-state index in [0.29, 0.717) is 29.3 Å². The minimum Gasteiger partial charge on any atom is -0.359 e. The Balaban J connectivity index is 0.00000462. The number of ether oxygens (including phenoxy) is 1. The summed E-state index contributed by atoms with van der Waals surface area (Å²) < 4.78 is 5.16. The molecular weight excluding hydrogens is 552 g/mol. The van der Waals surface area contributed by atoms with Crippen LogP contribution in [0.2, 0.25) is 0 Å². The molecule has 222 valence electrons. The van der Waals surface area contributed by atoms with Gasteiger partial charge in [0.25, 0.3) is 23.6 Å². The molecule has 3 aromatic rings. The van der Waals surface area contributed by atoms with Crippen molar-refractivity contribution in [1.82, 2.24) is 24.8 Å². The summed E-state index contributed by atoms with van der Waals surface area (Å²) in [6.45, 7) is 3.30. The lowest BCUT2D eigenvalue weighted by molar-refractivity contribution is -0.117. The molecule has 4 rings (SSSR count). The van der Waals surface area contributed by atoms with E-state index in [9.17, 15) is 19.2 Å². The van der Waals surface area contributed by atoms with E-state index in [1.807, 2.05) is 21.0 Å². The van der Waals surface area contributed by atoms with Crippen LogP contribution < -0.4 is 15.1 Å². The molecule has 4 N–H and O–H groups in total. The van der Waals surface area contributed by atoms with E-state index >= 15 is 0 Å². The Bertz CT molecular complexity index is 1400. The highest BCUT2D eigenvalue weighted by Crippen LogP contribution is 2.24. The summed E-state index contributed by atoms with van der Waals surface area (Å²) in [5.74, 6) is -1.12. The van der Waals surface area contributed by atoms with E-state index in [0.717, 1.165) is 13.0 Å². The van der Waals surface area contributed by atoms with Crippen molar-refractivity contribution in [2.45, 2.75) is 25.6 Å². The molecule has 0 radical (unpaired) electrons. The predicted molar refractivity (Wildman–Crippen MR) is 158 cm³/mol. The Kier molecular flexibility index (Phi) is 10.0. The molecule has 4 heterocycles. The molecule has 2 atom stereocenters. The van der Waals surface area contributed by atoms with Crippen molar-refractivity contribution in [2.24, 2.45) is 0 Å². The van der Waals surface area contributed by atoms with E-state index in [4.69, 9.17) is 4.74 Å². The first-order chi connectivity index (χ1) is 19.0. The van der Waals surface area contributed by atoms with E-state index in [1.165, 1.54) is 16.0 Å². The standard InChI is InChI=1S/C27H36N8O5.ClH/c1-16-23(40-16)24(36)31-17-10-20(28-13-17)26(38)34(5)19-12-22(30-15-19)27(39)35(6)18-11-21(29-14-18)25(37)33(4)9-7-8-32(2)3;/h10-16,23,28-30H,7-9H2,1-6H3,(H,31,36);1H/t16-,23-;/m1./s1. The topological polar surface area (TPSA) is 153 Å². The lowest BCUT2D eigenvalue weighted by Crippen LogP contribution is -2.30. The molecule has 1 saturated heterocycles. The van der Waals surface area contributed by atoms with Gasteiger partial charge in [0.05, 0.1) is 23.2 Å². The average molecular weight is 589 g/mol. The Morgan fingerprint density at radius 3 is 1.78 bits per heavy atom. The monoisotopic (exact) mass is 588 g/mol. The third kappa shape index (κ3) is 7.37. The van der Waals surface area contributed by atoms with Crippen molar-refractivity contribution in [1.29, 1.82) is 0 Å². The quantitative estimate of drug-likeness (QED) is 0.252. The van der Waals surface area contributed by atoms with Crippen molar-refractivity contribution in [3.05, 3.63) is 53.9 Å². The van der Waals surface area contributed by atoms with Crippen LogP contribution in [-0.2, 0) is 9.53 Å². The molecule has 41 heavy (non-hydrogen) atoms. The molecule has 14 heteroatoms. The van der Waals surface area contributed by atoms with Crippen molar-refractivity contribution in [3.63, 3.8) is 0 Å². The summed E-state index contributed by atoms with van der Waals surface area (Å²) in [5, 5.41) is 2.71. The third-order valence-corrected chi connectivity index (χ3v) is 6.78. The number of aromatic nitrogens is 3. The second-order valence-corrected chi connectivity index (χ2v) is 10.2. The Morgan fingerprint density at radius 1 is 0.780 bits per heavy atom. The first-order valence-corrected chi connectivity index (χ1v) is 12.9. The largest absolute Gasteiger partial charge is 0.359 e. The molecular formula is C27H37ClN8O5. The molecule has 0 saturated carbocycles. The van der Waals surface area contributed by atoms with Crippen LogP contribution in [0.4, 0.5) is 17.1 Å². The minimum atomic E-state index is -0.469. The van der Waals surface area contributed by atoms with Crippen LogP contribution in [0.15, 0.2) is 36.8 Å². The highest BCUT2D eigenvalue weighted by molar-refractivity contribution is 6.09. The Labute approximate surface area is 244 Å². The van der Waals surface area contributed by atoms with Gasteiger partial charge in [0, 0.05) is 46.3 Å². The number of H-pyrrole nitrogens is 3. The minimum absolute atomic E-state index is 0. The van der Waals surface area contributed by atoms with Crippen LogP contribution in [0, 0.1) is 0 Å². The number of hydrogen-bond acceptors (Lipinski definition) is 6. The number of anilines is 3. The molecule has 0 unspecified atom stereocenters. The molecule has 4 amide bonds. The third-order valence-electron chi connectivity index (χ3n) is 6.78. The van der Waals surface area contributed by atoms with E-state index in [1.54, 1.807) is 56.6 Å². The molecule has 0 aliphatic carbocycles. The van der Waals surface area contributed by atoms with Crippen LogP contribution in [0.25, 0.3) is 0 Å². The van der Waals surface area contributed by atoms with E-state index in [2.05, 4.69) is 25.2 Å². The number of hydrogen-bond donors (Lipinski definition) is 4. The van der Waals surface area contributed by atoms with Gasteiger partial charge in [0.1, 0.15) is 17.1 Å². The number of nitrogens with one attached hydrogen (secondary N) is 4. The second-order valence-electron chi connectivity index (χ2n) is 10.2. The lowest BCUT2D eigenvalue weighted by atomic mass is 10.3. The fourth-order valence-electron chi connectivity index (χ4n) is 4.19. The highest BCUT2D eigenvalue weighted by Gasteiger charge is 2.41. The Hall–Kier alpha value is -4.07. The van der Waals surface area contributed by atoms with Gasteiger partial charge in [-0.1, -0.05) is 0 Å². The van der Waals surface area contributed by atoms with Crippen LogP contribution >= 0.6 is 12.4 Å². The molecule has 0 spiro atoms. The van der Waals surface area contributed by atoms with Crippen LogP contribution in [0.5, 0.6) is 0 Å². The van der Waals surface area contributed by atoms with Gasteiger partial charge >= 0.3 is 0 Å². The number of epoxide rings is 1. The molecule has 3 aromatic heterocycles. The van der Waals surface area contributed by atoms with Crippen molar-refractivity contribution >= 4 is 53.1 Å². The smallest absolute Gasteiger partial charge is 0.274 e. The number of carbonyl (C=O) groups excluding carboxylic acids is 4. The lowest BCUT2D eigenvalue weighted by Gasteiger charge is -2.18. The second kappa shape index (κ2) is 13.1. The van der Waals surface area contributed by atoms with Gasteiger partial charge in [-0.2, -0.15) is 0 Å². The van der Waals surface area contributed by atoms with Gasteiger partial charge < -0.3 is 44.6 Å². The zero-order chi connectivity index (χ0) is 29.1. The van der Waals surface area contributed by atoms with Gasteiger partial charge in [-0.05, 0) is 52.2 Å². The first-order valence-electron chi connectivity index (χ1n) is 12.9. The predicted octanol–water partition coefficient (Wildman–Crippen LogP) is 2.40. The maximum Gasteiger partial charge on any atom is 0.274 e. The van der Waals surface area contributed by atoms with Gasteiger partial charge in [-0.3, -0.25) is 19.2 Å². The number of carbonyl (C=O) groups is 4. The summed E-state index contributed by atoms with van der Waals surface area (Å²) in [7, 11) is 8.92. The first kappa shape index (κ1) is 31.5. The van der Waals surface area contributed by atoms with Gasteiger partial charge in [0.2, 0.25) is 0 Å². The van der Waals surface area contributed by atoms with Crippen molar-refractivity contribution in [2.75, 3.05) is 63.4 Å². The average Bonchev–Trinajstić information content (AvgIpc) is 3.38. The zero-order valence-electron chi connectivity index (χ0n) is 24.0. The maximum absolute atomic E-state index is 13.1. The molecule has 1 aliphatic heterocycles. The number of aromatic amines is 3. The zero-order valence-corrected chi connectivity index (χ0v) is 24.8. The number of halogens is 1.